The molecule has 4 N–H and O–H groups in total. The Hall–Kier alpha value is -2.85. The van der Waals surface area contributed by atoms with Crippen LogP contribution in [0.4, 0.5) is 0 Å². The Kier molecular flexibility index (Phi) is 10.9. The minimum Gasteiger partial charge on any atom is -0.481 e. The van der Waals surface area contributed by atoms with Crippen LogP contribution in [0.1, 0.15) is 107 Å². The number of piperidine rings is 1. The second-order valence-electron chi connectivity index (χ2n) is 15.3. The van der Waals surface area contributed by atoms with Gasteiger partial charge in [-0.2, -0.15) is 0 Å². The predicted octanol–water partition coefficient (Wildman–Crippen LogP) is 5.35. The van der Waals surface area contributed by atoms with E-state index >= 15 is 0 Å². The fourth-order valence-electron chi connectivity index (χ4n) is 9.73. The predicted molar refractivity (Wildman–Crippen MR) is 181 cm³/mol. The van der Waals surface area contributed by atoms with Crippen molar-refractivity contribution in [2.75, 3.05) is 13.1 Å². The van der Waals surface area contributed by atoms with Crippen LogP contribution in [0.15, 0.2) is 18.2 Å². The van der Waals surface area contributed by atoms with Crippen molar-refractivity contribution >= 4 is 52.8 Å². The third-order valence-electron chi connectivity index (χ3n) is 12.0. The Labute approximate surface area is 292 Å². The van der Waals surface area contributed by atoms with Gasteiger partial charge in [-0.3, -0.25) is 24.0 Å². The lowest BCUT2D eigenvalue weighted by molar-refractivity contribution is -0.139. The molecule has 0 aromatic heterocycles. The van der Waals surface area contributed by atoms with Gasteiger partial charge in [0.15, 0.2) is 0 Å². The summed E-state index contributed by atoms with van der Waals surface area (Å²) >= 11 is 12.3. The van der Waals surface area contributed by atoms with Crippen LogP contribution in [-0.2, 0) is 19.2 Å². The molecule has 4 amide bonds. The van der Waals surface area contributed by atoms with E-state index in [0.717, 1.165) is 50.4 Å². The van der Waals surface area contributed by atoms with E-state index in [9.17, 15) is 29.1 Å². The highest BCUT2D eigenvalue weighted by molar-refractivity contribution is 6.35. The maximum Gasteiger partial charge on any atom is 0.303 e. The first kappa shape index (κ1) is 35.0. The zero-order chi connectivity index (χ0) is 34.0. The molecule has 12 heteroatoms. The second kappa shape index (κ2) is 15.0. The summed E-state index contributed by atoms with van der Waals surface area (Å²) in [6.07, 6.45) is 12.0. The number of nitrogens with one attached hydrogen (secondary N) is 3. The van der Waals surface area contributed by atoms with Crippen molar-refractivity contribution in [3.63, 3.8) is 0 Å². The van der Waals surface area contributed by atoms with Crippen LogP contribution < -0.4 is 16.0 Å². The highest BCUT2D eigenvalue weighted by Crippen LogP contribution is 2.53. The zero-order valence-electron chi connectivity index (χ0n) is 27.5. The van der Waals surface area contributed by atoms with Gasteiger partial charge in [-0.1, -0.05) is 36.0 Å². The van der Waals surface area contributed by atoms with Crippen molar-refractivity contribution in [3.05, 3.63) is 33.8 Å². The van der Waals surface area contributed by atoms with Crippen LogP contribution in [0, 0.1) is 29.1 Å². The Balaban J connectivity index is 1.10. The minimum absolute atomic E-state index is 0.00909. The normalized spacial score (nSPS) is 28.1. The Bertz CT molecular complexity index is 1360. The summed E-state index contributed by atoms with van der Waals surface area (Å²) in [5.41, 5.74) is 0.503. The summed E-state index contributed by atoms with van der Waals surface area (Å²) in [5, 5.41) is 18.7. The van der Waals surface area contributed by atoms with E-state index in [-0.39, 0.29) is 59.1 Å². The molecule has 1 heterocycles. The average molecular weight is 704 g/mol. The molecular formula is C36H48Cl2N4O6. The van der Waals surface area contributed by atoms with Crippen molar-refractivity contribution in [1.82, 2.24) is 20.9 Å². The van der Waals surface area contributed by atoms with Gasteiger partial charge in [0.2, 0.25) is 17.7 Å². The first-order valence-electron chi connectivity index (χ1n) is 17.8. The van der Waals surface area contributed by atoms with Crippen LogP contribution in [0.2, 0.25) is 10.0 Å². The number of carboxylic acid groups (broad SMARTS) is 1. The van der Waals surface area contributed by atoms with Gasteiger partial charge in [0.25, 0.3) is 5.91 Å². The summed E-state index contributed by atoms with van der Waals surface area (Å²) in [7, 11) is 0. The van der Waals surface area contributed by atoms with E-state index in [1.54, 1.807) is 4.90 Å². The maximum absolute atomic E-state index is 13.9. The van der Waals surface area contributed by atoms with Gasteiger partial charge in [-0.15, -0.1) is 0 Å². The quantitative estimate of drug-likeness (QED) is 0.231. The van der Waals surface area contributed by atoms with Gasteiger partial charge in [0, 0.05) is 47.6 Å². The molecule has 2 atom stereocenters. The molecule has 6 aliphatic rings. The lowest BCUT2D eigenvalue weighted by Gasteiger charge is -2.54. The molecule has 7 rings (SSSR count). The Morgan fingerprint density at radius 1 is 0.792 bits per heavy atom. The van der Waals surface area contributed by atoms with Gasteiger partial charge in [0.05, 0.1) is 0 Å². The van der Waals surface area contributed by atoms with Crippen LogP contribution in [0.25, 0.3) is 0 Å². The molecule has 5 aliphatic carbocycles. The molecule has 0 radical (unpaired) electrons. The molecule has 4 bridgehead atoms. The Morgan fingerprint density at radius 3 is 1.96 bits per heavy atom. The largest absolute Gasteiger partial charge is 0.481 e. The zero-order valence-corrected chi connectivity index (χ0v) is 29.0. The lowest BCUT2D eigenvalue weighted by Crippen LogP contribution is -2.59. The van der Waals surface area contributed by atoms with E-state index in [2.05, 4.69) is 16.0 Å². The molecule has 5 saturated carbocycles. The van der Waals surface area contributed by atoms with E-state index < -0.39 is 29.9 Å². The topological polar surface area (TPSA) is 145 Å². The molecule has 262 valence electrons. The lowest BCUT2D eigenvalue weighted by atomic mass is 9.54. The number of carboxylic acids is 1. The molecule has 1 spiro atoms. The van der Waals surface area contributed by atoms with Crippen LogP contribution >= 0.6 is 23.2 Å². The molecule has 6 fully saturated rings. The molecule has 1 aliphatic heterocycles. The summed E-state index contributed by atoms with van der Waals surface area (Å²) in [6, 6.07) is 2.51. The average Bonchev–Trinajstić information content (AvgIpc) is 3.49. The summed E-state index contributed by atoms with van der Waals surface area (Å²) in [5.74, 6) is -0.314. The third kappa shape index (κ3) is 8.29. The number of benzene rings is 1. The van der Waals surface area contributed by atoms with Gasteiger partial charge < -0.3 is 26.0 Å². The van der Waals surface area contributed by atoms with Crippen molar-refractivity contribution in [3.8, 4) is 0 Å². The summed E-state index contributed by atoms with van der Waals surface area (Å²) < 4.78 is 0. The van der Waals surface area contributed by atoms with Crippen LogP contribution in [0.3, 0.4) is 0 Å². The number of hydrogen-bond acceptors (Lipinski definition) is 5. The molecule has 1 aromatic rings. The van der Waals surface area contributed by atoms with Crippen molar-refractivity contribution < 1.29 is 29.1 Å². The number of aliphatic carboxylic acids is 1. The summed E-state index contributed by atoms with van der Waals surface area (Å²) in [4.78, 5) is 67.3. The number of hydrogen-bond donors (Lipinski definition) is 4. The molecule has 10 nitrogen and oxygen atoms in total. The van der Waals surface area contributed by atoms with E-state index in [4.69, 9.17) is 23.2 Å². The first-order valence-corrected chi connectivity index (χ1v) is 18.6. The number of carbonyl (C=O) groups is 5. The van der Waals surface area contributed by atoms with E-state index in [1.165, 1.54) is 50.3 Å². The van der Waals surface area contributed by atoms with Crippen molar-refractivity contribution in [2.45, 2.75) is 114 Å². The number of nitrogens with zero attached hydrogens (tertiary/aromatic N) is 1. The second-order valence-corrected chi connectivity index (χ2v) is 16.1. The number of carbonyl (C=O) groups excluding carboxylic acids is 4. The smallest absolute Gasteiger partial charge is 0.303 e. The first-order chi connectivity index (χ1) is 23.0. The number of rotatable bonds is 12. The van der Waals surface area contributed by atoms with Crippen molar-refractivity contribution in [1.29, 1.82) is 0 Å². The number of likely N-dealkylation sites (tertiary alicyclic amines) is 1. The monoisotopic (exact) mass is 702 g/mol. The fraction of sp³-hybridized carbons (Fsp3) is 0.694. The van der Waals surface area contributed by atoms with Crippen LogP contribution in [0.5, 0.6) is 0 Å². The SMILES string of the molecule is O=C(O)CC[C@@H](NC(=O)CCC(NC(=O)c1cc(Cl)cc(Cl)c1)C(=O)N1CCC2(CCCC2)CC1)C(=O)NC1C2CC3CC(C2)CC1C3. The molecule has 1 saturated heterocycles. The molecular weight excluding hydrogens is 655 g/mol. The minimum atomic E-state index is -1.05. The van der Waals surface area contributed by atoms with Crippen molar-refractivity contribution in [2.24, 2.45) is 29.1 Å². The van der Waals surface area contributed by atoms with Gasteiger partial charge in [0.1, 0.15) is 12.1 Å². The number of amides is 4. The standard InChI is InChI=1S/C36H48Cl2N4O6/c37-26-18-25(19-27(38)20-26)33(46)40-29(35(48)42-11-9-36(10-12-42)7-1-2-8-36)3-5-30(43)39-28(4-6-31(44)45)34(47)41-32-23-14-21-13-22(16-23)17-24(32)15-21/h18-24,28-29,32H,1-17H2,(H,39,43)(H,40,46)(H,41,47)(H,44,45)/t21?,22?,23?,24?,28-,29?,32?/m1/s1. The van der Waals surface area contributed by atoms with E-state index in [0.29, 0.717) is 30.3 Å². The van der Waals surface area contributed by atoms with Gasteiger partial charge in [-0.25, -0.2) is 0 Å². The molecule has 1 aromatic carbocycles. The fourth-order valence-corrected chi connectivity index (χ4v) is 10.3. The Morgan fingerprint density at radius 2 is 1.38 bits per heavy atom. The van der Waals surface area contributed by atoms with E-state index in [1.807, 2.05) is 0 Å². The van der Waals surface area contributed by atoms with Gasteiger partial charge >= 0.3 is 5.97 Å². The highest BCUT2D eigenvalue weighted by Gasteiger charge is 2.49. The number of halogens is 2. The maximum atomic E-state index is 13.9. The molecule has 1 unspecified atom stereocenters. The van der Waals surface area contributed by atoms with Crippen LogP contribution in [-0.4, -0.2) is 70.8 Å². The third-order valence-corrected chi connectivity index (χ3v) is 12.5. The van der Waals surface area contributed by atoms with Gasteiger partial charge in [-0.05, 0) is 118 Å². The summed E-state index contributed by atoms with van der Waals surface area (Å²) in [6.45, 7) is 1.20. The highest BCUT2D eigenvalue weighted by atomic mass is 35.5. The molecule has 48 heavy (non-hydrogen) atoms.